The molecule has 19 heavy (non-hydrogen) atoms. The lowest BCUT2D eigenvalue weighted by Gasteiger charge is -2.31. The Morgan fingerprint density at radius 1 is 1.26 bits per heavy atom. The van der Waals surface area contributed by atoms with Gasteiger partial charge in [0.05, 0.1) is 0 Å². The van der Waals surface area contributed by atoms with Gasteiger partial charge in [-0.3, -0.25) is 0 Å². The summed E-state index contributed by atoms with van der Waals surface area (Å²) in [4.78, 5) is 0. The second kappa shape index (κ2) is 6.76. The first-order valence-electron chi connectivity index (χ1n) is 7.61. The van der Waals surface area contributed by atoms with E-state index in [4.69, 9.17) is 11.6 Å². The molecule has 0 amide bonds. The summed E-state index contributed by atoms with van der Waals surface area (Å²) in [5.41, 5.74) is 3.96. The van der Waals surface area contributed by atoms with Gasteiger partial charge in [0.15, 0.2) is 0 Å². The smallest absolute Gasteiger partial charge is 0.0438 e. The van der Waals surface area contributed by atoms with E-state index in [2.05, 4.69) is 38.2 Å². The zero-order valence-electron chi connectivity index (χ0n) is 12.4. The molecule has 0 bridgehead atoms. The largest absolute Gasteiger partial charge is 0.310 e. The third-order valence-electron chi connectivity index (χ3n) is 4.36. The highest BCUT2D eigenvalue weighted by Crippen LogP contribution is 2.36. The van der Waals surface area contributed by atoms with Crippen molar-refractivity contribution in [1.82, 2.24) is 5.32 Å². The molecule has 1 saturated carbocycles. The lowest BCUT2D eigenvalue weighted by molar-refractivity contribution is 0.261. The van der Waals surface area contributed by atoms with Crippen molar-refractivity contribution in [2.24, 2.45) is 5.92 Å². The monoisotopic (exact) mass is 279 g/mol. The van der Waals surface area contributed by atoms with Crippen LogP contribution in [0.4, 0.5) is 0 Å². The molecule has 2 heteroatoms. The van der Waals surface area contributed by atoms with Crippen molar-refractivity contribution in [3.63, 3.8) is 0 Å². The van der Waals surface area contributed by atoms with Gasteiger partial charge < -0.3 is 5.32 Å². The van der Waals surface area contributed by atoms with E-state index in [9.17, 15) is 0 Å². The van der Waals surface area contributed by atoms with Crippen molar-refractivity contribution in [2.75, 3.05) is 6.54 Å². The van der Waals surface area contributed by atoms with E-state index >= 15 is 0 Å². The average Bonchev–Trinajstić information content (AvgIpc) is 2.32. The van der Waals surface area contributed by atoms with Crippen LogP contribution in [0, 0.1) is 19.8 Å². The first kappa shape index (κ1) is 14.9. The van der Waals surface area contributed by atoms with Gasteiger partial charge in [-0.05, 0) is 61.9 Å². The summed E-state index contributed by atoms with van der Waals surface area (Å²) in [5.74, 6) is 0.921. The van der Waals surface area contributed by atoms with Crippen molar-refractivity contribution in [3.05, 3.63) is 33.8 Å². The maximum absolute atomic E-state index is 6.22. The summed E-state index contributed by atoms with van der Waals surface area (Å²) in [6.07, 6.45) is 6.71. The summed E-state index contributed by atoms with van der Waals surface area (Å²) in [6, 6.07) is 4.90. The van der Waals surface area contributed by atoms with Crippen LogP contribution >= 0.6 is 11.6 Å². The summed E-state index contributed by atoms with van der Waals surface area (Å²) in [6.45, 7) is 7.61. The zero-order valence-corrected chi connectivity index (χ0v) is 13.2. The fraction of sp³-hybridized carbons (Fsp3) is 0.647. The number of hydrogen-bond donors (Lipinski definition) is 1. The van der Waals surface area contributed by atoms with Gasteiger partial charge in [-0.1, -0.05) is 43.9 Å². The molecule has 0 heterocycles. The van der Waals surface area contributed by atoms with Crippen LogP contribution in [0.1, 0.15) is 61.8 Å². The van der Waals surface area contributed by atoms with Crippen LogP contribution in [0.2, 0.25) is 5.02 Å². The van der Waals surface area contributed by atoms with Crippen LogP contribution in [0.15, 0.2) is 12.1 Å². The highest BCUT2D eigenvalue weighted by molar-refractivity contribution is 6.31. The Labute approximate surface area is 122 Å². The van der Waals surface area contributed by atoms with Crippen LogP contribution in [0.5, 0.6) is 0 Å². The first-order chi connectivity index (χ1) is 9.11. The summed E-state index contributed by atoms with van der Waals surface area (Å²) in [7, 11) is 0. The van der Waals surface area contributed by atoms with Crippen molar-refractivity contribution >= 4 is 11.6 Å². The lowest BCUT2D eigenvalue weighted by atomic mass is 9.79. The molecule has 2 rings (SSSR count). The standard InChI is InChI=1S/C17H26ClN/c1-4-8-19-17(11-14-6-5-7-14)15-9-13(3)16(18)10-12(15)2/h9-10,14,17,19H,4-8,11H2,1-3H3. The summed E-state index contributed by atoms with van der Waals surface area (Å²) >= 11 is 6.22. The molecule has 0 radical (unpaired) electrons. The van der Waals surface area contributed by atoms with Crippen molar-refractivity contribution in [3.8, 4) is 0 Å². The van der Waals surface area contributed by atoms with Crippen molar-refractivity contribution in [2.45, 2.75) is 58.9 Å². The molecule has 1 aliphatic rings. The van der Waals surface area contributed by atoms with E-state index in [0.717, 1.165) is 17.5 Å². The molecule has 1 aliphatic carbocycles. The topological polar surface area (TPSA) is 12.0 Å². The van der Waals surface area contributed by atoms with E-state index < -0.39 is 0 Å². The van der Waals surface area contributed by atoms with Crippen LogP contribution in [0.25, 0.3) is 0 Å². The van der Waals surface area contributed by atoms with Crippen molar-refractivity contribution in [1.29, 1.82) is 0 Å². The Kier molecular flexibility index (Phi) is 5.29. The quantitative estimate of drug-likeness (QED) is 0.756. The molecular weight excluding hydrogens is 254 g/mol. The minimum Gasteiger partial charge on any atom is -0.310 e. The highest BCUT2D eigenvalue weighted by Gasteiger charge is 2.24. The molecule has 1 atom stereocenters. The van der Waals surface area contributed by atoms with Crippen LogP contribution < -0.4 is 5.32 Å². The van der Waals surface area contributed by atoms with Gasteiger partial charge in [-0.15, -0.1) is 0 Å². The minimum absolute atomic E-state index is 0.501. The molecule has 1 fully saturated rings. The second-order valence-electron chi connectivity index (χ2n) is 6.00. The van der Waals surface area contributed by atoms with Gasteiger partial charge in [0.1, 0.15) is 0 Å². The number of hydrogen-bond acceptors (Lipinski definition) is 1. The predicted molar refractivity (Wildman–Crippen MR) is 83.9 cm³/mol. The lowest BCUT2D eigenvalue weighted by Crippen LogP contribution is -2.27. The molecule has 0 aromatic heterocycles. The number of rotatable bonds is 6. The Morgan fingerprint density at radius 3 is 2.58 bits per heavy atom. The molecule has 1 aromatic rings. The van der Waals surface area contributed by atoms with Crippen LogP contribution in [-0.4, -0.2) is 6.54 Å². The molecule has 0 saturated heterocycles. The zero-order chi connectivity index (χ0) is 13.8. The van der Waals surface area contributed by atoms with Gasteiger partial charge >= 0.3 is 0 Å². The fourth-order valence-electron chi connectivity index (χ4n) is 2.88. The van der Waals surface area contributed by atoms with E-state index in [0.29, 0.717) is 6.04 Å². The number of aryl methyl sites for hydroxylation is 2. The molecule has 0 aliphatic heterocycles. The van der Waals surface area contributed by atoms with Crippen LogP contribution in [-0.2, 0) is 0 Å². The van der Waals surface area contributed by atoms with Gasteiger partial charge in [-0.2, -0.15) is 0 Å². The van der Waals surface area contributed by atoms with Crippen molar-refractivity contribution < 1.29 is 0 Å². The fourth-order valence-corrected chi connectivity index (χ4v) is 3.10. The number of nitrogens with one attached hydrogen (secondary N) is 1. The molecular formula is C17H26ClN. The second-order valence-corrected chi connectivity index (χ2v) is 6.40. The van der Waals surface area contributed by atoms with Gasteiger partial charge in [0.2, 0.25) is 0 Å². The molecule has 1 nitrogen and oxygen atoms in total. The molecule has 1 unspecified atom stereocenters. The molecule has 0 spiro atoms. The summed E-state index contributed by atoms with van der Waals surface area (Å²) in [5, 5.41) is 4.62. The van der Waals surface area contributed by atoms with Gasteiger partial charge in [0.25, 0.3) is 0 Å². The van der Waals surface area contributed by atoms with Gasteiger partial charge in [0, 0.05) is 11.1 Å². The average molecular weight is 280 g/mol. The highest BCUT2D eigenvalue weighted by atomic mass is 35.5. The Bertz CT molecular complexity index is 424. The normalized spacial score (nSPS) is 17.3. The Morgan fingerprint density at radius 2 is 2.00 bits per heavy atom. The van der Waals surface area contributed by atoms with E-state index in [-0.39, 0.29) is 0 Å². The maximum atomic E-state index is 6.22. The predicted octanol–water partition coefficient (Wildman–Crippen LogP) is 5.19. The van der Waals surface area contributed by atoms with Gasteiger partial charge in [-0.25, -0.2) is 0 Å². The Balaban J connectivity index is 2.17. The maximum Gasteiger partial charge on any atom is 0.0438 e. The SMILES string of the molecule is CCCNC(CC1CCC1)c1cc(C)c(Cl)cc1C. The van der Waals surface area contributed by atoms with Crippen LogP contribution in [0.3, 0.4) is 0 Å². The van der Waals surface area contributed by atoms with E-state index in [1.807, 2.05) is 0 Å². The third kappa shape index (κ3) is 3.73. The minimum atomic E-state index is 0.501. The van der Waals surface area contributed by atoms with E-state index in [1.54, 1.807) is 0 Å². The molecule has 1 N–H and O–H groups in total. The van der Waals surface area contributed by atoms with E-state index in [1.165, 1.54) is 48.8 Å². The number of benzene rings is 1. The summed E-state index contributed by atoms with van der Waals surface area (Å²) < 4.78 is 0. The molecule has 106 valence electrons. The number of halogens is 1. The Hall–Kier alpha value is -0.530. The third-order valence-corrected chi connectivity index (χ3v) is 4.76. The first-order valence-corrected chi connectivity index (χ1v) is 7.99. The molecule has 1 aromatic carbocycles.